The second-order valence-electron chi connectivity index (χ2n) is 7.51. The van der Waals surface area contributed by atoms with E-state index in [9.17, 15) is 9.59 Å². The molecule has 0 aliphatic carbocycles. The molecule has 2 amide bonds. The number of thioether (sulfide) groups is 1. The van der Waals surface area contributed by atoms with Crippen LogP contribution in [0.1, 0.15) is 49.8 Å². The number of aryl methyl sites for hydroxylation is 1. The van der Waals surface area contributed by atoms with Crippen LogP contribution in [0.2, 0.25) is 0 Å². The zero-order chi connectivity index (χ0) is 21.8. The summed E-state index contributed by atoms with van der Waals surface area (Å²) in [6.07, 6.45) is 1.91. The van der Waals surface area contributed by atoms with Gasteiger partial charge in [-0.15, -0.1) is 0 Å². The Labute approximate surface area is 185 Å². The molecule has 0 radical (unpaired) electrons. The lowest BCUT2D eigenvalue weighted by Crippen LogP contribution is -2.49. The topological polar surface area (TPSA) is 49.4 Å². The first-order valence-corrected chi connectivity index (χ1v) is 11.9. The molecular weight excluding hydrogens is 392 g/mol. The maximum Gasteiger partial charge on any atom is 0.242 e. The molecule has 0 heterocycles. The highest BCUT2D eigenvalue weighted by atomic mass is 32.2. The van der Waals surface area contributed by atoms with E-state index in [0.29, 0.717) is 25.9 Å². The molecule has 30 heavy (non-hydrogen) atoms. The minimum Gasteiger partial charge on any atom is -0.354 e. The summed E-state index contributed by atoms with van der Waals surface area (Å²) in [7, 11) is 0. The molecule has 2 aromatic carbocycles. The van der Waals surface area contributed by atoms with E-state index in [1.165, 1.54) is 5.56 Å². The Hall–Kier alpha value is -2.27. The van der Waals surface area contributed by atoms with Crippen LogP contribution < -0.4 is 5.32 Å². The number of amides is 2. The van der Waals surface area contributed by atoms with Crippen LogP contribution in [0.4, 0.5) is 0 Å². The van der Waals surface area contributed by atoms with Crippen molar-refractivity contribution in [3.8, 4) is 0 Å². The van der Waals surface area contributed by atoms with Crippen LogP contribution >= 0.6 is 11.8 Å². The molecule has 0 bridgehead atoms. The highest BCUT2D eigenvalue weighted by Gasteiger charge is 2.28. The first kappa shape index (κ1) is 24.0. The van der Waals surface area contributed by atoms with Gasteiger partial charge in [-0.3, -0.25) is 9.59 Å². The SMILES string of the molecule is CCCNC(=O)[C@@H](CC)N(Cc1cccc(C)c1)C(=O)CCSCc1ccccc1. The van der Waals surface area contributed by atoms with E-state index in [2.05, 4.69) is 23.5 Å². The molecule has 2 rings (SSSR count). The smallest absolute Gasteiger partial charge is 0.242 e. The second kappa shape index (κ2) is 13.1. The quantitative estimate of drug-likeness (QED) is 0.489. The van der Waals surface area contributed by atoms with Gasteiger partial charge in [0.25, 0.3) is 0 Å². The Morgan fingerprint density at radius 1 is 1.03 bits per heavy atom. The lowest BCUT2D eigenvalue weighted by Gasteiger charge is -2.31. The third kappa shape index (κ3) is 7.86. The predicted molar refractivity (Wildman–Crippen MR) is 126 cm³/mol. The van der Waals surface area contributed by atoms with Gasteiger partial charge in [0.15, 0.2) is 0 Å². The number of carbonyl (C=O) groups is 2. The van der Waals surface area contributed by atoms with Crippen LogP contribution in [0.25, 0.3) is 0 Å². The molecule has 4 nitrogen and oxygen atoms in total. The maximum absolute atomic E-state index is 13.2. The predicted octanol–water partition coefficient (Wildman–Crippen LogP) is 4.95. The summed E-state index contributed by atoms with van der Waals surface area (Å²) in [5.74, 6) is 1.61. The fourth-order valence-electron chi connectivity index (χ4n) is 3.36. The minimum atomic E-state index is -0.441. The van der Waals surface area contributed by atoms with Crippen LogP contribution in [-0.4, -0.2) is 35.1 Å². The van der Waals surface area contributed by atoms with Crippen LogP contribution in [0, 0.1) is 6.92 Å². The third-order valence-corrected chi connectivity index (χ3v) is 5.97. The maximum atomic E-state index is 13.2. The van der Waals surface area contributed by atoms with Gasteiger partial charge in [0.1, 0.15) is 6.04 Å². The number of nitrogens with zero attached hydrogens (tertiary/aromatic N) is 1. The van der Waals surface area contributed by atoms with Crippen LogP contribution in [-0.2, 0) is 21.9 Å². The Kier molecular flexibility index (Phi) is 10.5. The lowest BCUT2D eigenvalue weighted by molar-refractivity contribution is -0.141. The fourth-order valence-corrected chi connectivity index (χ4v) is 4.25. The summed E-state index contributed by atoms with van der Waals surface area (Å²) in [4.78, 5) is 27.7. The van der Waals surface area contributed by atoms with E-state index in [0.717, 1.165) is 29.1 Å². The zero-order valence-corrected chi connectivity index (χ0v) is 19.2. The van der Waals surface area contributed by atoms with E-state index < -0.39 is 6.04 Å². The van der Waals surface area contributed by atoms with Gasteiger partial charge in [-0.05, 0) is 30.9 Å². The number of carbonyl (C=O) groups excluding carboxylic acids is 2. The average Bonchev–Trinajstić information content (AvgIpc) is 2.75. The fraction of sp³-hybridized carbons (Fsp3) is 0.440. The van der Waals surface area contributed by atoms with Crippen molar-refractivity contribution in [1.29, 1.82) is 0 Å². The Balaban J connectivity index is 2.04. The molecule has 0 aromatic heterocycles. The molecule has 0 fully saturated rings. The summed E-state index contributed by atoms with van der Waals surface area (Å²) in [6.45, 7) is 7.13. The summed E-state index contributed by atoms with van der Waals surface area (Å²) < 4.78 is 0. The van der Waals surface area contributed by atoms with Gasteiger partial charge in [0.05, 0.1) is 0 Å². The van der Waals surface area contributed by atoms with Gasteiger partial charge in [0, 0.05) is 31.0 Å². The number of hydrogen-bond acceptors (Lipinski definition) is 3. The summed E-state index contributed by atoms with van der Waals surface area (Å²) in [5.41, 5.74) is 3.47. The summed E-state index contributed by atoms with van der Waals surface area (Å²) in [5, 5.41) is 2.97. The highest BCUT2D eigenvalue weighted by Crippen LogP contribution is 2.17. The monoisotopic (exact) mass is 426 g/mol. The summed E-state index contributed by atoms with van der Waals surface area (Å²) >= 11 is 1.75. The van der Waals surface area contributed by atoms with Gasteiger partial charge in [-0.1, -0.05) is 74.0 Å². The molecule has 0 saturated heterocycles. The van der Waals surface area contributed by atoms with Crippen molar-refractivity contribution in [2.45, 2.75) is 58.4 Å². The van der Waals surface area contributed by atoms with Gasteiger partial charge >= 0.3 is 0 Å². The van der Waals surface area contributed by atoms with E-state index in [1.807, 2.05) is 57.2 Å². The van der Waals surface area contributed by atoms with Crippen molar-refractivity contribution >= 4 is 23.6 Å². The molecule has 0 unspecified atom stereocenters. The summed E-state index contributed by atoms with van der Waals surface area (Å²) in [6, 6.07) is 18.0. The average molecular weight is 427 g/mol. The first-order valence-electron chi connectivity index (χ1n) is 10.8. The third-order valence-electron chi connectivity index (χ3n) is 4.94. The molecule has 0 aliphatic rings. The van der Waals surface area contributed by atoms with E-state index in [4.69, 9.17) is 0 Å². The van der Waals surface area contributed by atoms with Crippen LogP contribution in [0.5, 0.6) is 0 Å². The molecule has 0 aliphatic heterocycles. The Morgan fingerprint density at radius 3 is 2.43 bits per heavy atom. The second-order valence-corrected chi connectivity index (χ2v) is 8.62. The number of rotatable bonds is 12. The minimum absolute atomic E-state index is 0.0376. The number of hydrogen-bond donors (Lipinski definition) is 1. The Bertz CT molecular complexity index is 795. The lowest BCUT2D eigenvalue weighted by atomic mass is 10.1. The number of benzene rings is 2. The largest absolute Gasteiger partial charge is 0.354 e. The Morgan fingerprint density at radius 2 is 1.77 bits per heavy atom. The molecule has 0 saturated carbocycles. The van der Waals surface area contributed by atoms with Crippen LogP contribution in [0.3, 0.4) is 0 Å². The van der Waals surface area contributed by atoms with E-state index >= 15 is 0 Å². The molecule has 0 spiro atoms. The van der Waals surface area contributed by atoms with Crippen molar-refractivity contribution in [2.24, 2.45) is 0 Å². The highest BCUT2D eigenvalue weighted by molar-refractivity contribution is 7.98. The van der Waals surface area contributed by atoms with Crippen molar-refractivity contribution in [3.63, 3.8) is 0 Å². The normalized spacial score (nSPS) is 11.7. The van der Waals surface area contributed by atoms with Gasteiger partial charge in [0.2, 0.25) is 11.8 Å². The molecule has 162 valence electrons. The van der Waals surface area contributed by atoms with Crippen molar-refractivity contribution in [2.75, 3.05) is 12.3 Å². The standard InChI is InChI=1S/C25H34N2O2S/c1-4-15-26-25(29)23(5-2)27(18-22-13-9-10-20(3)17-22)24(28)14-16-30-19-21-11-7-6-8-12-21/h6-13,17,23H,4-5,14-16,18-19H2,1-3H3,(H,26,29)/t23-/m1/s1. The van der Waals surface area contributed by atoms with Crippen molar-refractivity contribution in [1.82, 2.24) is 10.2 Å². The van der Waals surface area contributed by atoms with Gasteiger partial charge in [-0.2, -0.15) is 11.8 Å². The molecule has 1 atom stereocenters. The van der Waals surface area contributed by atoms with Crippen LogP contribution in [0.15, 0.2) is 54.6 Å². The van der Waals surface area contributed by atoms with Crippen molar-refractivity contribution in [3.05, 3.63) is 71.3 Å². The molecule has 2 aromatic rings. The molecular formula is C25H34N2O2S. The molecule has 1 N–H and O–H groups in total. The van der Waals surface area contributed by atoms with E-state index in [1.54, 1.807) is 16.7 Å². The van der Waals surface area contributed by atoms with Crippen molar-refractivity contribution < 1.29 is 9.59 Å². The first-order chi connectivity index (χ1) is 14.5. The van der Waals surface area contributed by atoms with E-state index in [-0.39, 0.29) is 11.8 Å². The van der Waals surface area contributed by atoms with Gasteiger partial charge < -0.3 is 10.2 Å². The zero-order valence-electron chi connectivity index (χ0n) is 18.4. The number of nitrogens with one attached hydrogen (secondary N) is 1. The molecule has 5 heteroatoms. The van der Waals surface area contributed by atoms with Gasteiger partial charge in [-0.25, -0.2) is 0 Å².